The number of halogens is 1. The summed E-state index contributed by atoms with van der Waals surface area (Å²) in [5, 5.41) is 10.9. The van der Waals surface area contributed by atoms with Crippen molar-refractivity contribution in [3.63, 3.8) is 0 Å². The first-order valence-corrected chi connectivity index (χ1v) is 9.59. The Labute approximate surface area is 137 Å². The molecule has 0 saturated carbocycles. The molecule has 1 aliphatic heterocycles. The number of rotatable bonds is 5. The second-order valence-electron chi connectivity index (χ2n) is 5.88. The first-order valence-electron chi connectivity index (χ1n) is 7.36. The highest BCUT2D eigenvalue weighted by molar-refractivity contribution is 7.88. The lowest BCUT2D eigenvalue weighted by Gasteiger charge is -2.36. The standard InChI is InChI=1S/C15H23ClN2O3S/c1-17(22(2,20)21)14-6-8-18(9-7-14)11-15(19)12-4-3-5-13(16)10-12/h3-5,10,14-15,19H,6-9,11H2,1-2H3/t15-/m1/s1. The van der Waals surface area contributed by atoms with E-state index in [1.54, 1.807) is 19.2 Å². The predicted molar refractivity (Wildman–Crippen MR) is 88.5 cm³/mol. The molecular weight excluding hydrogens is 324 g/mol. The molecule has 1 fully saturated rings. The zero-order valence-electron chi connectivity index (χ0n) is 12.9. The Morgan fingerprint density at radius 3 is 2.59 bits per heavy atom. The van der Waals surface area contributed by atoms with E-state index >= 15 is 0 Å². The third-order valence-corrected chi connectivity index (χ3v) is 5.84. The van der Waals surface area contributed by atoms with Gasteiger partial charge in [0.2, 0.25) is 10.0 Å². The quantitative estimate of drug-likeness (QED) is 0.882. The molecule has 0 aromatic heterocycles. The Hall–Kier alpha value is -0.660. The van der Waals surface area contributed by atoms with E-state index in [2.05, 4.69) is 4.90 Å². The van der Waals surface area contributed by atoms with Gasteiger partial charge in [0.15, 0.2) is 0 Å². The van der Waals surface area contributed by atoms with Crippen LogP contribution >= 0.6 is 11.6 Å². The molecule has 0 radical (unpaired) electrons. The van der Waals surface area contributed by atoms with Crippen LogP contribution in [-0.2, 0) is 10.0 Å². The monoisotopic (exact) mass is 346 g/mol. The third kappa shape index (κ3) is 4.67. The van der Waals surface area contributed by atoms with Crippen molar-refractivity contribution in [1.82, 2.24) is 9.21 Å². The van der Waals surface area contributed by atoms with Gasteiger partial charge >= 0.3 is 0 Å². The summed E-state index contributed by atoms with van der Waals surface area (Å²) in [7, 11) is -1.50. The van der Waals surface area contributed by atoms with E-state index in [-0.39, 0.29) is 6.04 Å². The van der Waals surface area contributed by atoms with Crippen molar-refractivity contribution in [2.45, 2.75) is 25.0 Å². The van der Waals surface area contributed by atoms with Gasteiger partial charge in [0, 0.05) is 24.7 Å². The van der Waals surface area contributed by atoms with Crippen molar-refractivity contribution < 1.29 is 13.5 Å². The van der Waals surface area contributed by atoms with Gasteiger partial charge < -0.3 is 10.0 Å². The molecule has 0 spiro atoms. The third-order valence-electron chi connectivity index (χ3n) is 4.26. The normalized spacial score (nSPS) is 19.5. The van der Waals surface area contributed by atoms with E-state index in [1.165, 1.54) is 10.6 Å². The highest BCUT2D eigenvalue weighted by Crippen LogP contribution is 2.22. The summed E-state index contributed by atoms with van der Waals surface area (Å²) in [5.41, 5.74) is 0.808. The number of β-amino-alcohol motifs (C(OH)–C–C–N with tert-alkyl or cyclic N) is 1. The van der Waals surface area contributed by atoms with E-state index < -0.39 is 16.1 Å². The average molecular weight is 347 g/mol. The highest BCUT2D eigenvalue weighted by Gasteiger charge is 2.27. The van der Waals surface area contributed by atoms with Gasteiger partial charge in [-0.1, -0.05) is 23.7 Å². The molecule has 1 aliphatic rings. The topological polar surface area (TPSA) is 60.9 Å². The smallest absolute Gasteiger partial charge is 0.211 e. The minimum atomic E-state index is -3.14. The van der Waals surface area contributed by atoms with Crippen molar-refractivity contribution >= 4 is 21.6 Å². The van der Waals surface area contributed by atoms with E-state index in [1.807, 2.05) is 12.1 Å². The Balaban J connectivity index is 1.87. The minimum Gasteiger partial charge on any atom is -0.387 e. The zero-order chi connectivity index (χ0) is 16.3. The molecule has 1 atom stereocenters. The van der Waals surface area contributed by atoms with E-state index in [4.69, 9.17) is 11.6 Å². The molecule has 7 heteroatoms. The molecule has 1 saturated heterocycles. The second kappa shape index (κ2) is 7.27. The van der Waals surface area contributed by atoms with Crippen LogP contribution < -0.4 is 0 Å². The Morgan fingerprint density at radius 1 is 1.41 bits per heavy atom. The maximum Gasteiger partial charge on any atom is 0.211 e. The van der Waals surface area contributed by atoms with Crippen molar-refractivity contribution in [3.8, 4) is 0 Å². The molecule has 1 heterocycles. The van der Waals surface area contributed by atoms with Crippen molar-refractivity contribution in [3.05, 3.63) is 34.9 Å². The number of aliphatic hydroxyl groups is 1. The van der Waals surface area contributed by atoms with Crippen LogP contribution in [-0.4, -0.2) is 61.7 Å². The first kappa shape index (κ1) is 17.7. The van der Waals surface area contributed by atoms with Gasteiger partial charge in [-0.3, -0.25) is 0 Å². The fourth-order valence-electron chi connectivity index (χ4n) is 2.80. The molecule has 1 N–H and O–H groups in total. The highest BCUT2D eigenvalue weighted by atomic mass is 35.5. The number of likely N-dealkylation sites (tertiary alicyclic amines) is 1. The fourth-order valence-corrected chi connectivity index (χ4v) is 3.75. The molecule has 5 nitrogen and oxygen atoms in total. The fraction of sp³-hybridized carbons (Fsp3) is 0.600. The lowest BCUT2D eigenvalue weighted by Crippen LogP contribution is -2.46. The number of hydrogen-bond donors (Lipinski definition) is 1. The molecule has 1 aromatic rings. The van der Waals surface area contributed by atoms with Crippen LogP contribution in [0.4, 0.5) is 0 Å². The molecule has 0 unspecified atom stereocenters. The molecule has 0 aliphatic carbocycles. The van der Waals surface area contributed by atoms with E-state index in [0.29, 0.717) is 11.6 Å². The predicted octanol–water partition coefficient (Wildman–Crippen LogP) is 1.73. The summed E-state index contributed by atoms with van der Waals surface area (Å²) in [5.74, 6) is 0. The van der Waals surface area contributed by atoms with Crippen LogP contribution in [0.5, 0.6) is 0 Å². The van der Waals surface area contributed by atoms with Crippen molar-refractivity contribution in [2.75, 3.05) is 32.9 Å². The summed E-state index contributed by atoms with van der Waals surface area (Å²) >= 11 is 5.94. The number of aliphatic hydroxyl groups excluding tert-OH is 1. The van der Waals surface area contributed by atoms with Gasteiger partial charge in [0.05, 0.1) is 12.4 Å². The zero-order valence-corrected chi connectivity index (χ0v) is 14.5. The summed E-state index contributed by atoms with van der Waals surface area (Å²) < 4.78 is 24.6. The van der Waals surface area contributed by atoms with Gasteiger partial charge in [0.25, 0.3) is 0 Å². The van der Waals surface area contributed by atoms with E-state index in [9.17, 15) is 13.5 Å². The number of benzene rings is 1. The van der Waals surface area contributed by atoms with Crippen molar-refractivity contribution in [1.29, 1.82) is 0 Å². The van der Waals surface area contributed by atoms with Crippen LogP contribution in [0.2, 0.25) is 5.02 Å². The van der Waals surface area contributed by atoms with E-state index in [0.717, 1.165) is 31.5 Å². The Bertz CT molecular complexity index is 601. The Morgan fingerprint density at radius 2 is 2.05 bits per heavy atom. The largest absolute Gasteiger partial charge is 0.387 e. The van der Waals surface area contributed by atoms with Crippen molar-refractivity contribution in [2.24, 2.45) is 0 Å². The number of sulfonamides is 1. The summed E-state index contributed by atoms with van der Waals surface area (Å²) in [6, 6.07) is 7.30. The number of nitrogens with zero attached hydrogens (tertiary/aromatic N) is 2. The molecule has 22 heavy (non-hydrogen) atoms. The number of piperidine rings is 1. The second-order valence-corrected chi connectivity index (χ2v) is 8.36. The molecule has 2 rings (SSSR count). The molecular formula is C15H23ClN2O3S. The first-order chi connectivity index (χ1) is 10.3. The van der Waals surface area contributed by atoms with Crippen LogP contribution in [0.3, 0.4) is 0 Å². The van der Waals surface area contributed by atoms with Gasteiger partial charge in [-0.05, 0) is 43.6 Å². The molecule has 0 bridgehead atoms. The average Bonchev–Trinajstić information content (AvgIpc) is 2.46. The number of hydrogen-bond acceptors (Lipinski definition) is 4. The minimum absolute atomic E-state index is 0.0505. The summed E-state index contributed by atoms with van der Waals surface area (Å²) in [4.78, 5) is 2.16. The van der Waals surface area contributed by atoms with Gasteiger partial charge in [-0.2, -0.15) is 0 Å². The lowest BCUT2D eigenvalue weighted by atomic mass is 10.0. The summed E-state index contributed by atoms with van der Waals surface area (Å²) in [6.45, 7) is 2.10. The molecule has 0 amide bonds. The maximum absolute atomic E-state index is 11.6. The maximum atomic E-state index is 11.6. The molecule has 1 aromatic carbocycles. The van der Waals surface area contributed by atoms with Gasteiger partial charge in [-0.25, -0.2) is 12.7 Å². The van der Waals surface area contributed by atoms with Crippen LogP contribution in [0, 0.1) is 0 Å². The lowest BCUT2D eigenvalue weighted by molar-refractivity contribution is 0.0872. The Kier molecular flexibility index (Phi) is 5.85. The van der Waals surface area contributed by atoms with Crippen LogP contribution in [0.25, 0.3) is 0 Å². The summed E-state index contributed by atoms with van der Waals surface area (Å²) in [6.07, 6.45) is 2.22. The SMILES string of the molecule is CN(C1CCN(C[C@@H](O)c2cccc(Cl)c2)CC1)S(C)(=O)=O. The van der Waals surface area contributed by atoms with Crippen LogP contribution in [0.1, 0.15) is 24.5 Å². The van der Waals surface area contributed by atoms with Gasteiger partial charge in [0.1, 0.15) is 0 Å². The van der Waals surface area contributed by atoms with Crippen LogP contribution in [0.15, 0.2) is 24.3 Å². The van der Waals surface area contributed by atoms with Gasteiger partial charge in [-0.15, -0.1) is 0 Å². The molecule has 124 valence electrons.